The molecule has 0 atom stereocenters. The molecule has 0 aliphatic rings. The number of hydrogen-bond donors (Lipinski definition) is 1. The van der Waals surface area contributed by atoms with Crippen LogP contribution in [0.5, 0.6) is 0 Å². The molecular formula is C12H14N2O2. The van der Waals surface area contributed by atoms with Gasteiger partial charge in [0.15, 0.2) is 0 Å². The van der Waals surface area contributed by atoms with E-state index in [1.54, 1.807) is 24.3 Å². The van der Waals surface area contributed by atoms with Crippen LogP contribution in [0.3, 0.4) is 0 Å². The minimum atomic E-state index is -0.240. The third kappa shape index (κ3) is 3.71. The molecule has 1 amide bonds. The second kappa shape index (κ2) is 6.59. The summed E-state index contributed by atoms with van der Waals surface area (Å²) < 4.78 is 5.10. The first-order chi connectivity index (χ1) is 7.77. The van der Waals surface area contributed by atoms with Gasteiger partial charge in [-0.1, -0.05) is 19.1 Å². The summed E-state index contributed by atoms with van der Waals surface area (Å²) in [4.78, 5) is 11.4. The van der Waals surface area contributed by atoms with E-state index in [0.29, 0.717) is 17.9 Å². The van der Waals surface area contributed by atoms with E-state index in [1.807, 2.05) is 13.0 Å². The minimum Gasteiger partial charge on any atom is -0.372 e. The molecular weight excluding hydrogens is 204 g/mol. The number of para-hydroxylation sites is 1. The van der Waals surface area contributed by atoms with Crippen molar-refractivity contribution in [1.82, 2.24) is 0 Å². The summed E-state index contributed by atoms with van der Waals surface area (Å²) in [7, 11) is 0. The van der Waals surface area contributed by atoms with Gasteiger partial charge in [0.1, 0.15) is 12.7 Å². The van der Waals surface area contributed by atoms with Gasteiger partial charge in [-0.05, 0) is 18.6 Å². The van der Waals surface area contributed by atoms with Gasteiger partial charge in [-0.15, -0.1) is 0 Å². The zero-order chi connectivity index (χ0) is 11.8. The van der Waals surface area contributed by atoms with E-state index in [1.165, 1.54) is 0 Å². The molecule has 0 aliphatic carbocycles. The average Bonchev–Trinajstić information content (AvgIpc) is 2.30. The normalized spacial score (nSPS) is 9.50. The van der Waals surface area contributed by atoms with Crippen molar-refractivity contribution < 1.29 is 9.53 Å². The highest BCUT2D eigenvalue weighted by molar-refractivity contribution is 5.92. The second-order valence-electron chi connectivity index (χ2n) is 3.26. The molecule has 1 aromatic rings. The van der Waals surface area contributed by atoms with Crippen LogP contribution >= 0.6 is 0 Å². The van der Waals surface area contributed by atoms with Gasteiger partial charge in [0, 0.05) is 6.61 Å². The van der Waals surface area contributed by atoms with E-state index in [0.717, 1.165) is 6.42 Å². The van der Waals surface area contributed by atoms with Gasteiger partial charge in [-0.2, -0.15) is 5.26 Å². The first kappa shape index (κ1) is 12.2. The Morgan fingerprint density at radius 2 is 2.25 bits per heavy atom. The lowest BCUT2D eigenvalue weighted by Gasteiger charge is -2.06. The molecule has 4 nitrogen and oxygen atoms in total. The van der Waals surface area contributed by atoms with Crippen LogP contribution < -0.4 is 5.32 Å². The molecule has 1 aromatic carbocycles. The minimum absolute atomic E-state index is 0.0214. The average molecular weight is 218 g/mol. The van der Waals surface area contributed by atoms with Crippen LogP contribution in [0.15, 0.2) is 24.3 Å². The highest BCUT2D eigenvalue weighted by atomic mass is 16.5. The van der Waals surface area contributed by atoms with Crippen LogP contribution in [0, 0.1) is 11.3 Å². The SMILES string of the molecule is CCCOCC(=O)Nc1ccccc1C#N. The first-order valence-corrected chi connectivity index (χ1v) is 5.14. The highest BCUT2D eigenvalue weighted by Crippen LogP contribution is 2.12. The van der Waals surface area contributed by atoms with E-state index in [2.05, 4.69) is 5.32 Å². The molecule has 0 unspecified atom stereocenters. The Hall–Kier alpha value is -1.86. The number of carbonyl (C=O) groups is 1. The number of hydrogen-bond acceptors (Lipinski definition) is 3. The summed E-state index contributed by atoms with van der Waals surface area (Å²) in [5.74, 6) is -0.240. The van der Waals surface area contributed by atoms with Crippen LogP contribution in [0.1, 0.15) is 18.9 Å². The summed E-state index contributed by atoms with van der Waals surface area (Å²) >= 11 is 0. The summed E-state index contributed by atoms with van der Waals surface area (Å²) in [5, 5.41) is 11.4. The number of ether oxygens (including phenoxy) is 1. The molecule has 0 aromatic heterocycles. The quantitative estimate of drug-likeness (QED) is 0.768. The van der Waals surface area contributed by atoms with Crippen molar-refractivity contribution in [3.8, 4) is 6.07 Å². The van der Waals surface area contributed by atoms with Crippen molar-refractivity contribution >= 4 is 11.6 Å². The van der Waals surface area contributed by atoms with Gasteiger partial charge in [-0.3, -0.25) is 4.79 Å². The lowest BCUT2D eigenvalue weighted by molar-refractivity contribution is -0.120. The van der Waals surface area contributed by atoms with Crippen molar-refractivity contribution in [2.75, 3.05) is 18.5 Å². The number of anilines is 1. The molecule has 1 N–H and O–H groups in total. The number of nitrogens with one attached hydrogen (secondary N) is 1. The molecule has 0 bridgehead atoms. The lowest BCUT2D eigenvalue weighted by atomic mass is 10.2. The van der Waals surface area contributed by atoms with Crippen molar-refractivity contribution in [3.05, 3.63) is 29.8 Å². The highest BCUT2D eigenvalue weighted by Gasteiger charge is 2.05. The zero-order valence-electron chi connectivity index (χ0n) is 9.19. The third-order valence-corrected chi connectivity index (χ3v) is 1.90. The zero-order valence-corrected chi connectivity index (χ0v) is 9.19. The molecule has 0 spiro atoms. The lowest BCUT2D eigenvalue weighted by Crippen LogP contribution is -2.19. The fraction of sp³-hybridized carbons (Fsp3) is 0.333. The van der Waals surface area contributed by atoms with Gasteiger partial charge in [0.05, 0.1) is 11.3 Å². The van der Waals surface area contributed by atoms with Gasteiger partial charge in [0.2, 0.25) is 5.91 Å². The maximum atomic E-state index is 11.4. The molecule has 0 saturated heterocycles. The van der Waals surface area contributed by atoms with Crippen molar-refractivity contribution in [1.29, 1.82) is 5.26 Å². The number of benzene rings is 1. The largest absolute Gasteiger partial charge is 0.372 e. The van der Waals surface area contributed by atoms with E-state index < -0.39 is 0 Å². The summed E-state index contributed by atoms with van der Waals surface area (Å²) in [5.41, 5.74) is 0.974. The molecule has 4 heteroatoms. The fourth-order valence-electron chi connectivity index (χ4n) is 1.19. The molecule has 0 heterocycles. The van der Waals surface area contributed by atoms with Gasteiger partial charge in [0.25, 0.3) is 0 Å². The molecule has 0 aliphatic heterocycles. The van der Waals surface area contributed by atoms with Crippen molar-refractivity contribution in [3.63, 3.8) is 0 Å². The summed E-state index contributed by atoms with van der Waals surface area (Å²) in [6.07, 6.45) is 0.877. The van der Waals surface area contributed by atoms with Crippen LogP contribution in [-0.2, 0) is 9.53 Å². The van der Waals surface area contributed by atoms with Gasteiger partial charge >= 0.3 is 0 Å². The van der Waals surface area contributed by atoms with Crippen LogP contribution in [0.4, 0.5) is 5.69 Å². The molecule has 0 saturated carbocycles. The summed E-state index contributed by atoms with van der Waals surface area (Å²) in [6, 6.07) is 8.88. The second-order valence-corrected chi connectivity index (χ2v) is 3.26. The number of rotatable bonds is 5. The van der Waals surface area contributed by atoms with E-state index >= 15 is 0 Å². The molecule has 0 radical (unpaired) electrons. The predicted octanol–water partition coefficient (Wildman–Crippen LogP) is 1.92. The van der Waals surface area contributed by atoms with Gasteiger partial charge in [-0.25, -0.2) is 0 Å². The Kier molecular flexibility index (Phi) is 5.03. The Labute approximate surface area is 94.8 Å². The number of amides is 1. The monoisotopic (exact) mass is 218 g/mol. The van der Waals surface area contributed by atoms with Gasteiger partial charge < -0.3 is 10.1 Å². The number of nitriles is 1. The van der Waals surface area contributed by atoms with Crippen LogP contribution in [0.25, 0.3) is 0 Å². The third-order valence-electron chi connectivity index (χ3n) is 1.90. The van der Waals surface area contributed by atoms with E-state index in [9.17, 15) is 4.79 Å². The van der Waals surface area contributed by atoms with Crippen molar-refractivity contribution in [2.45, 2.75) is 13.3 Å². The van der Waals surface area contributed by atoms with Crippen LogP contribution in [0.2, 0.25) is 0 Å². The topological polar surface area (TPSA) is 62.1 Å². The molecule has 1 rings (SSSR count). The van der Waals surface area contributed by atoms with E-state index in [4.69, 9.17) is 10.00 Å². The Balaban J connectivity index is 2.53. The number of carbonyl (C=O) groups excluding carboxylic acids is 1. The Morgan fingerprint density at radius 3 is 2.94 bits per heavy atom. The maximum Gasteiger partial charge on any atom is 0.250 e. The van der Waals surface area contributed by atoms with E-state index in [-0.39, 0.29) is 12.5 Å². The smallest absolute Gasteiger partial charge is 0.250 e. The first-order valence-electron chi connectivity index (χ1n) is 5.14. The maximum absolute atomic E-state index is 11.4. The number of nitrogens with zero attached hydrogens (tertiary/aromatic N) is 1. The standard InChI is InChI=1S/C12H14N2O2/c1-2-7-16-9-12(15)14-11-6-4-3-5-10(11)8-13/h3-6H,2,7,9H2,1H3,(H,14,15). The van der Waals surface area contributed by atoms with Crippen LogP contribution in [-0.4, -0.2) is 19.1 Å². The molecule has 16 heavy (non-hydrogen) atoms. The Morgan fingerprint density at radius 1 is 1.50 bits per heavy atom. The Bertz CT molecular complexity index is 396. The predicted molar refractivity (Wildman–Crippen MR) is 60.9 cm³/mol. The fourth-order valence-corrected chi connectivity index (χ4v) is 1.19. The molecule has 84 valence electrons. The summed E-state index contributed by atoms with van der Waals surface area (Å²) in [6.45, 7) is 2.56. The van der Waals surface area contributed by atoms with Crippen molar-refractivity contribution in [2.24, 2.45) is 0 Å². The molecule has 0 fully saturated rings.